The van der Waals surface area contributed by atoms with Crippen LogP contribution in [0.15, 0.2) is 24.3 Å². The monoisotopic (exact) mass is 273 g/mol. The van der Waals surface area contributed by atoms with E-state index in [4.69, 9.17) is 5.11 Å². The van der Waals surface area contributed by atoms with E-state index in [2.05, 4.69) is 5.32 Å². The molecule has 1 aromatic rings. The fourth-order valence-electron chi connectivity index (χ4n) is 2.26. The molecule has 0 aliphatic heterocycles. The number of hydrogen-bond acceptors (Lipinski definition) is 2. The normalized spacial score (nSPS) is 17.5. The van der Waals surface area contributed by atoms with Crippen LogP contribution in [0.25, 0.3) is 0 Å². The van der Waals surface area contributed by atoms with E-state index in [0.717, 1.165) is 31.9 Å². The zero-order valence-corrected chi connectivity index (χ0v) is 10.6. The number of halogens is 3. The molecule has 0 atom stereocenters. The van der Waals surface area contributed by atoms with Crippen molar-refractivity contribution < 1.29 is 18.3 Å². The van der Waals surface area contributed by atoms with Crippen LogP contribution in [0.5, 0.6) is 0 Å². The maximum Gasteiger partial charge on any atom is 0.416 e. The number of rotatable bonds is 6. The molecule has 1 saturated carbocycles. The van der Waals surface area contributed by atoms with Gasteiger partial charge >= 0.3 is 6.18 Å². The Kier molecular flexibility index (Phi) is 4.16. The van der Waals surface area contributed by atoms with E-state index < -0.39 is 11.7 Å². The summed E-state index contributed by atoms with van der Waals surface area (Å²) in [5.74, 6) is 0. The predicted octanol–water partition coefficient (Wildman–Crippen LogP) is 2.96. The molecule has 2 N–H and O–H groups in total. The summed E-state index contributed by atoms with van der Waals surface area (Å²) >= 11 is 0. The maximum absolute atomic E-state index is 12.5. The van der Waals surface area contributed by atoms with Crippen LogP contribution in [0.3, 0.4) is 0 Å². The van der Waals surface area contributed by atoms with E-state index in [1.165, 1.54) is 12.1 Å². The Morgan fingerprint density at radius 1 is 1.26 bits per heavy atom. The zero-order chi connectivity index (χ0) is 13.9. The van der Waals surface area contributed by atoms with Crippen molar-refractivity contribution >= 4 is 0 Å². The van der Waals surface area contributed by atoms with Crippen LogP contribution in [0.2, 0.25) is 0 Å². The van der Waals surface area contributed by atoms with Gasteiger partial charge in [0.25, 0.3) is 0 Å². The lowest BCUT2D eigenvalue weighted by molar-refractivity contribution is -0.137. The molecule has 1 aliphatic rings. The van der Waals surface area contributed by atoms with Gasteiger partial charge in [-0.2, -0.15) is 13.2 Å². The van der Waals surface area contributed by atoms with Crippen LogP contribution in [-0.4, -0.2) is 18.3 Å². The van der Waals surface area contributed by atoms with Gasteiger partial charge in [0.2, 0.25) is 0 Å². The molecule has 1 aromatic carbocycles. The predicted molar refractivity (Wildman–Crippen MR) is 66.5 cm³/mol. The van der Waals surface area contributed by atoms with Crippen LogP contribution >= 0.6 is 0 Å². The van der Waals surface area contributed by atoms with E-state index in [0.29, 0.717) is 12.1 Å². The highest BCUT2D eigenvalue weighted by Gasteiger charge is 2.41. The lowest BCUT2D eigenvalue weighted by atomic mass is 10.0. The Bertz CT molecular complexity index is 427. The number of nitrogens with one attached hydrogen (secondary N) is 1. The van der Waals surface area contributed by atoms with Crippen LogP contribution < -0.4 is 5.32 Å². The van der Waals surface area contributed by atoms with Gasteiger partial charge in [0.15, 0.2) is 0 Å². The summed E-state index contributed by atoms with van der Waals surface area (Å²) in [6, 6.07) is 5.38. The number of aliphatic hydroxyl groups is 1. The molecule has 2 rings (SSSR count). The first kappa shape index (κ1) is 14.3. The Balaban J connectivity index is 1.86. The van der Waals surface area contributed by atoms with Crippen LogP contribution in [0.1, 0.15) is 30.4 Å². The smallest absolute Gasteiger partial charge is 0.396 e. The molecule has 5 heteroatoms. The second-order valence-electron chi connectivity index (χ2n) is 5.28. The summed E-state index contributed by atoms with van der Waals surface area (Å²) in [5.41, 5.74) is 0.203. The van der Waals surface area contributed by atoms with Gasteiger partial charge in [-0.25, -0.2) is 0 Å². The molecule has 0 radical (unpaired) electrons. The van der Waals surface area contributed by atoms with Crippen molar-refractivity contribution in [3.63, 3.8) is 0 Å². The largest absolute Gasteiger partial charge is 0.416 e. The van der Waals surface area contributed by atoms with E-state index in [1.54, 1.807) is 6.07 Å². The molecule has 0 bridgehead atoms. The van der Waals surface area contributed by atoms with Gasteiger partial charge in [0, 0.05) is 19.7 Å². The van der Waals surface area contributed by atoms with Gasteiger partial charge < -0.3 is 10.4 Å². The van der Waals surface area contributed by atoms with Crippen molar-refractivity contribution in [2.45, 2.75) is 32.0 Å². The van der Waals surface area contributed by atoms with Gasteiger partial charge in [0.05, 0.1) is 5.56 Å². The molecule has 2 nitrogen and oxygen atoms in total. The van der Waals surface area contributed by atoms with Crippen LogP contribution in [0, 0.1) is 5.41 Å². The topological polar surface area (TPSA) is 32.3 Å². The molecule has 1 fully saturated rings. The first-order chi connectivity index (χ1) is 8.95. The van der Waals surface area contributed by atoms with Gasteiger partial charge in [-0.3, -0.25) is 0 Å². The molecular formula is C14H18F3NO. The van der Waals surface area contributed by atoms with E-state index in [1.807, 2.05) is 0 Å². The molecule has 0 saturated heterocycles. The number of alkyl halides is 3. The quantitative estimate of drug-likeness (QED) is 0.835. The molecule has 0 unspecified atom stereocenters. The third-order valence-corrected chi connectivity index (χ3v) is 3.68. The van der Waals surface area contributed by atoms with Crippen molar-refractivity contribution in [2.75, 3.05) is 13.2 Å². The third kappa shape index (κ3) is 3.94. The van der Waals surface area contributed by atoms with Crippen molar-refractivity contribution in [3.05, 3.63) is 35.4 Å². The molecular weight excluding hydrogens is 255 g/mol. The summed E-state index contributed by atoms with van der Waals surface area (Å²) < 4.78 is 37.6. The fraction of sp³-hybridized carbons (Fsp3) is 0.571. The van der Waals surface area contributed by atoms with Crippen molar-refractivity contribution in [1.82, 2.24) is 5.32 Å². The molecule has 0 amide bonds. The summed E-state index contributed by atoms with van der Waals surface area (Å²) in [6.07, 6.45) is -1.35. The molecule has 106 valence electrons. The van der Waals surface area contributed by atoms with E-state index in [-0.39, 0.29) is 12.0 Å². The average Bonchev–Trinajstić information content (AvgIpc) is 3.09. The lowest BCUT2D eigenvalue weighted by Crippen LogP contribution is -2.24. The molecule has 0 spiro atoms. The van der Waals surface area contributed by atoms with Crippen molar-refractivity contribution in [1.29, 1.82) is 0 Å². The van der Waals surface area contributed by atoms with Crippen molar-refractivity contribution in [3.8, 4) is 0 Å². The average molecular weight is 273 g/mol. The highest BCUT2D eigenvalue weighted by atomic mass is 19.4. The summed E-state index contributed by atoms with van der Waals surface area (Å²) in [4.78, 5) is 0. The Morgan fingerprint density at radius 3 is 2.58 bits per heavy atom. The summed E-state index contributed by atoms with van der Waals surface area (Å²) in [5, 5.41) is 12.1. The number of hydrogen-bond donors (Lipinski definition) is 2. The summed E-state index contributed by atoms with van der Waals surface area (Å²) in [7, 11) is 0. The van der Waals surface area contributed by atoms with E-state index in [9.17, 15) is 13.2 Å². The minimum Gasteiger partial charge on any atom is -0.396 e. The highest BCUT2D eigenvalue weighted by Crippen LogP contribution is 2.47. The Hall–Kier alpha value is -1.07. The Labute approximate surface area is 110 Å². The highest BCUT2D eigenvalue weighted by molar-refractivity contribution is 5.25. The maximum atomic E-state index is 12.5. The lowest BCUT2D eigenvalue weighted by Gasteiger charge is -2.15. The summed E-state index contributed by atoms with van der Waals surface area (Å²) in [6.45, 7) is 1.35. The van der Waals surface area contributed by atoms with E-state index >= 15 is 0 Å². The van der Waals surface area contributed by atoms with Crippen molar-refractivity contribution in [2.24, 2.45) is 5.41 Å². The van der Waals surface area contributed by atoms with Crippen LogP contribution in [-0.2, 0) is 12.7 Å². The zero-order valence-electron chi connectivity index (χ0n) is 10.6. The SMILES string of the molecule is OCCC1(CNCc2cccc(C(F)(F)F)c2)CC1. The Morgan fingerprint density at radius 2 is 2.00 bits per heavy atom. The standard InChI is InChI=1S/C14H18F3NO/c15-14(16,17)12-3-1-2-11(8-12)9-18-10-13(4-5-13)6-7-19/h1-3,8,18-19H,4-7,9-10H2. The fourth-order valence-corrected chi connectivity index (χ4v) is 2.26. The first-order valence-corrected chi connectivity index (χ1v) is 6.43. The molecule has 19 heavy (non-hydrogen) atoms. The second kappa shape index (κ2) is 5.51. The third-order valence-electron chi connectivity index (χ3n) is 3.68. The van der Waals surface area contributed by atoms with Crippen LogP contribution in [0.4, 0.5) is 13.2 Å². The van der Waals surface area contributed by atoms with Gasteiger partial charge in [-0.15, -0.1) is 0 Å². The minimum atomic E-state index is -4.29. The number of aliphatic hydroxyl groups excluding tert-OH is 1. The number of benzene rings is 1. The molecule has 1 aliphatic carbocycles. The molecule has 0 aromatic heterocycles. The second-order valence-corrected chi connectivity index (χ2v) is 5.28. The van der Waals surface area contributed by atoms with Gasteiger partial charge in [0.1, 0.15) is 0 Å². The first-order valence-electron chi connectivity index (χ1n) is 6.43. The van der Waals surface area contributed by atoms with Gasteiger partial charge in [-0.1, -0.05) is 18.2 Å². The molecule has 0 heterocycles. The van der Waals surface area contributed by atoms with Gasteiger partial charge in [-0.05, 0) is 36.3 Å². The minimum absolute atomic E-state index is 0.172.